The number of anilines is 1. The van der Waals surface area contributed by atoms with E-state index in [0.717, 1.165) is 11.1 Å². The highest BCUT2D eigenvalue weighted by molar-refractivity contribution is 6.01. The standard InChI is InChI=1S/C36H48N6O4/c1-7-38-36(46)32(23(2)3)42-33(43)25(5)39-22-31(18-26-14-10-8-11-15-26)41-35(45)29-19-28(20-30(21-29)37-6)34(44)40-24(4)27-16-12-9-13-17-27/h8-17,19-21,23-25,31-32,37,39H,7,18,22H2,1-6H3,(H,38,46)(H,40,44)(H,41,45)(H,42,43)/t24-,25+,31+,32+/m1/s1. The third-order valence-corrected chi connectivity index (χ3v) is 7.72. The van der Waals surface area contributed by atoms with Crippen LogP contribution < -0.4 is 31.9 Å². The van der Waals surface area contributed by atoms with E-state index in [-0.39, 0.29) is 48.2 Å². The van der Waals surface area contributed by atoms with Crippen LogP contribution in [-0.2, 0) is 16.0 Å². The highest BCUT2D eigenvalue weighted by atomic mass is 16.2. The maximum Gasteiger partial charge on any atom is 0.251 e. The van der Waals surface area contributed by atoms with Crippen LogP contribution in [0.3, 0.4) is 0 Å². The maximum atomic E-state index is 13.6. The Bertz CT molecular complexity index is 1450. The smallest absolute Gasteiger partial charge is 0.251 e. The van der Waals surface area contributed by atoms with Crippen molar-refractivity contribution in [2.24, 2.45) is 5.92 Å². The highest BCUT2D eigenvalue weighted by Crippen LogP contribution is 2.18. The SMILES string of the molecule is CCNC(=O)[C@@H](NC(=O)[C@H](C)NC[C@H](Cc1ccccc1)NC(=O)c1cc(NC)cc(C(=O)N[C@H](C)c2ccccc2)c1)C(C)C. The molecule has 10 nitrogen and oxygen atoms in total. The van der Waals surface area contributed by atoms with Crippen molar-refractivity contribution in [1.82, 2.24) is 26.6 Å². The van der Waals surface area contributed by atoms with Gasteiger partial charge in [-0.05, 0) is 62.4 Å². The number of amides is 4. The lowest BCUT2D eigenvalue weighted by atomic mass is 10.0. The number of rotatable bonds is 16. The predicted octanol–water partition coefficient (Wildman–Crippen LogP) is 3.82. The van der Waals surface area contributed by atoms with E-state index >= 15 is 0 Å². The average molecular weight is 629 g/mol. The van der Waals surface area contributed by atoms with Crippen LogP contribution >= 0.6 is 0 Å². The van der Waals surface area contributed by atoms with E-state index in [2.05, 4.69) is 31.9 Å². The molecule has 46 heavy (non-hydrogen) atoms. The van der Waals surface area contributed by atoms with Gasteiger partial charge in [0.1, 0.15) is 6.04 Å². The Hall–Kier alpha value is -4.70. The van der Waals surface area contributed by atoms with E-state index in [1.807, 2.05) is 88.4 Å². The second kappa shape index (κ2) is 17.7. The van der Waals surface area contributed by atoms with Crippen LogP contribution in [0.15, 0.2) is 78.9 Å². The summed E-state index contributed by atoms with van der Waals surface area (Å²) in [6, 6.07) is 22.5. The number of nitrogens with one attached hydrogen (secondary N) is 6. The molecule has 3 aromatic rings. The summed E-state index contributed by atoms with van der Waals surface area (Å²) in [6.45, 7) is 9.99. The molecule has 0 fully saturated rings. The quantitative estimate of drug-likeness (QED) is 0.143. The van der Waals surface area contributed by atoms with E-state index in [9.17, 15) is 19.2 Å². The van der Waals surface area contributed by atoms with Crippen LogP contribution in [0.2, 0.25) is 0 Å². The lowest BCUT2D eigenvalue weighted by Gasteiger charge is -2.25. The molecule has 0 unspecified atom stereocenters. The van der Waals surface area contributed by atoms with Crippen LogP contribution in [0.5, 0.6) is 0 Å². The highest BCUT2D eigenvalue weighted by Gasteiger charge is 2.26. The normalized spacial score (nSPS) is 13.5. The van der Waals surface area contributed by atoms with Gasteiger partial charge in [-0.15, -0.1) is 0 Å². The zero-order chi connectivity index (χ0) is 33.6. The van der Waals surface area contributed by atoms with Crippen molar-refractivity contribution in [3.05, 3.63) is 101 Å². The molecule has 0 heterocycles. The molecule has 0 aliphatic heterocycles. The molecule has 0 saturated heterocycles. The first kappa shape index (κ1) is 35.8. The van der Waals surface area contributed by atoms with Crippen LogP contribution in [0.25, 0.3) is 0 Å². The van der Waals surface area contributed by atoms with E-state index in [1.54, 1.807) is 32.2 Å². The van der Waals surface area contributed by atoms with Gasteiger partial charge in [-0.25, -0.2) is 0 Å². The minimum Gasteiger partial charge on any atom is -0.388 e. The van der Waals surface area contributed by atoms with Crippen molar-refractivity contribution in [1.29, 1.82) is 0 Å². The molecule has 6 N–H and O–H groups in total. The molecule has 3 aromatic carbocycles. The van der Waals surface area contributed by atoms with Gasteiger partial charge in [0.15, 0.2) is 0 Å². The van der Waals surface area contributed by atoms with E-state index < -0.39 is 12.1 Å². The zero-order valence-corrected chi connectivity index (χ0v) is 27.6. The summed E-state index contributed by atoms with van der Waals surface area (Å²) in [5, 5.41) is 18.0. The Morgan fingerprint density at radius 2 is 1.30 bits per heavy atom. The lowest BCUT2D eigenvalue weighted by Crippen LogP contribution is -2.55. The number of benzene rings is 3. The van der Waals surface area contributed by atoms with Gasteiger partial charge in [0.25, 0.3) is 11.8 Å². The molecular formula is C36H48N6O4. The van der Waals surface area contributed by atoms with Gasteiger partial charge in [-0.1, -0.05) is 74.5 Å². The van der Waals surface area contributed by atoms with Crippen molar-refractivity contribution in [2.45, 2.75) is 65.2 Å². The molecule has 4 atom stereocenters. The van der Waals surface area contributed by atoms with Crippen molar-refractivity contribution >= 4 is 29.3 Å². The van der Waals surface area contributed by atoms with Crippen molar-refractivity contribution in [3.63, 3.8) is 0 Å². The first-order chi connectivity index (χ1) is 22.0. The molecule has 0 bridgehead atoms. The second-order valence-corrected chi connectivity index (χ2v) is 11.8. The largest absolute Gasteiger partial charge is 0.388 e. The Balaban J connectivity index is 1.74. The molecule has 0 aliphatic rings. The summed E-state index contributed by atoms with van der Waals surface area (Å²) < 4.78 is 0. The lowest BCUT2D eigenvalue weighted by molar-refractivity contribution is -0.130. The summed E-state index contributed by atoms with van der Waals surface area (Å²) in [5.41, 5.74) is 3.30. The van der Waals surface area contributed by atoms with Gasteiger partial charge in [-0.3, -0.25) is 19.2 Å². The van der Waals surface area contributed by atoms with Crippen molar-refractivity contribution in [3.8, 4) is 0 Å². The minimum atomic E-state index is -0.655. The number of carbonyl (C=O) groups excluding carboxylic acids is 4. The summed E-state index contributed by atoms with van der Waals surface area (Å²) in [7, 11) is 1.73. The van der Waals surface area contributed by atoms with Gasteiger partial charge in [0.2, 0.25) is 11.8 Å². The number of carbonyl (C=O) groups is 4. The maximum absolute atomic E-state index is 13.6. The third-order valence-electron chi connectivity index (χ3n) is 7.72. The molecule has 0 spiro atoms. The Morgan fingerprint density at radius 3 is 1.87 bits per heavy atom. The van der Waals surface area contributed by atoms with Gasteiger partial charge in [0.05, 0.1) is 12.1 Å². The molecular weight excluding hydrogens is 580 g/mol. The Morgan fingerprint density at radius 1 is 0.717 bits per heavy atom. The minimum absolute atomic E-state index is 0.0882. The molecule has 4 amide bonds. The van der Waals surface area contributed by atoms with Gasteiger partial charge in [0, 0.05) is 43.0 Å². The first-order valence-electron chi connectivity index (χ1n) is 15.9. The number of hydrogen-bond acceptors (Lipinski definition) is 6. The average Bonchev–Trinajstić information content (AvgIpc) is 3.06. The van der Waals surface area contributed by atoms with Gasteiger partial charge < -0.3 is 31.9 Å². The summed E-state index contributed by atoms with van der Waals surface area (Å²) in [5.74, 6) is -1.26. The molecule has 0 aliphatic carbocycles. The van der Waals surface area contributed by atoms with Gasteiger partial charge in [-0.2, -0.15) is 0 Å². The molecule has 246 valence electrons. The first-order valence-corrected chi connectivity index (χ1v) is 15.9. The fourth-order valence-corrected chi connectivity index (χ4v) is 4.99. The zero-order valence-electron chi connectivity index (χ0n) is 27.6. The second-order valence-electron chi connectivity index (χ2n) is 11.8. The summed E-state index contributed by atoms with van der Waals surface area (Å²) in [6.07, 6.45) is 0.509. The van der Waals surface area contributed by atoms with E-state index in [0.29, 0.717) is 29.8 Å². The fourth-order valence-electron chi connectivity index (χ4n) is 4.99. The summed E-state index contributed by atoms with van der Waals surface area (Å²) in [4.78, 5) is 52.4. The van der Waals surface area contributed by atoms with Crippen LogP contribution in [0.1, 0.15) is 72.5 Å². The molecule has 0 aromatic heterocycles. The van der Waals surface area contributed by atoms with Crippen LogP contribution in [0, 0.1) is 5.92 Å². The fraction of sp³-hybridized carbons (Fsp3) is 0.389. The van der Waals surface area contributed by atoms with E-state index in [4.69, 9.17) is 0 Å². The van der Waals surface area contributed by atoms with Gasteiger partial charge >= 0.3 is 0 Å². The number of hydrogen-bond donors (Lipinski definition) is 6. The monoisotopic (exact) mass is 628 g/mol. The number of likely N-dealkylation sites (N-methyl/N-ethyl adjacent to an activating group) is 1. The predicted molar refractivity (Wildman–Crippen MR) is 183 cm³/mol. The summed E-state index contributed by atoms with van der Waals surface area (Å²) >= 11 is 0. The van der Waals surface area contributed by atoms with Crippen molar-refractivity contribution in [2.75, 3.05) is 25.5 Å². The van der Waals surface area contributed by atoms with Crippen LogP contribution in [0.4, 0.5) is 5.69 Å². The van der Waals surface area contributed by atoms with Crippen molar-refractivity contribution < 1.29 is 19.2 Å². The Labute approximate surface area is 272 Å². The Kier molecular flexibility index (Phi) is 13.8. The van der Waals surface area contributed by atoms with Crippen LogP contribution in [-0.4, -0.2) is 61.9 Å². The molecule has 3 rings (SSSR count). The molecule has 0 radical (unpaired) electrons. The topological polar surface area (TPSA) is 140 Å². The molecule has 0 saturated carbocycles. The third kappa shape index (κ3) is 10.7. The van der Waals surface area contributed by atoms with E-state index in [1.165, 1.54) is 0 Å². The molecule has 10 heteroatoms.